The average molecular weight is 366 g/mol. The predicted molar refractivity (Wildman–Crippen MR) is 69.5 cm³/mol. The lowest BCUT2D eigenvalue weighted by atomic mass is 10.0. The van der Waals surface area contributed by atoms with Crippen molar-refractivity contribution in [1.29, 1.82) is 0 Å². The fourth-order valence-corrected chi connectivity index (χ4v) is 2.12. The van der Waals surface area contributed by atoms with Crippen LogP contribution in [0, 0.1) is 0 Å². The number of aliphatic hydroxyl groups excluding tert-OH is 1. The molecule has 0 spiro atoms. The number of carboxylic acids is 1. The van der Waals surface area contributed by atoms with E-state index in [2.05, 4.69) is 31.9 Å². The minimum Gasteiger partial charge on any atom is -0.479 e. The lowest BCUT2D eigenvalue weighted by Crippen LogP contribution is -2.11. The highest BCUT2D eigenvalue weighted by Crippen LogP contribution is 2.23. The predicted octanol–water partition coefficient (Wildman–Crippen LogP) is 2.53. The molecule has 0 heterocycles. The zero-order valence-electron chi connectivity index (χ0n) is 8.69. The SMILES string of the molecule is O=C(CCBr)c1cc(C(O)C(=O)O)ccc1Br. The molecule has 0 saturated heterocycles. The van der Waals surface area contributed by atoms with Gasteiger partial charge in [-0.15, -0.1) is 0 Å². The molecular weight excluding hydrogens is 356 g/mol. The van der Waals surface area contributed by atoms with Crippen molar-refractivity contribution in [3.63, 3.8) is 0 Å². The van der Waals surface area contributed by atoms with Gasteiger partial charge in [0.2, 0.25) is 0 Å². The normalized spacial score (nSPS) is 12.2. The van der Waals surface area contributed by atoms with Gasteiger partial charge in [-0.3, -0.25) is 4.79 Å². The minimum absolute atomic E-state index is 0.117. The standard InChI is InChI=1S/C11H10Br2O4/c12-4-3-9(14)7-5-6(1-2-8(7)13)10(15)11(16)17/h1-2,5,10,15H,3-4H2,(H,16,17). The van der Waals surface area contributed by atoms with Crippen molar-refractivity contribution in [1.82, 2.24) is 0 Å². The van der Waals surface area contributed by atoms with Crippen LogP contribution in [0.3, 0.4) is 0 Å². The molecule has 0 aliphatic rings. The van der Waals surface area contributed by atoms with Crippen molar-refractivity contribution in [3.05, 3.63) is 33.8 Å². The summed E-state index contributed by atoms with van der Waals surface area (Å²) in [6, 6.07) is 4.42. The number of benzene rings is 1. The van der Waals surface area contributed by atoms with Crippen LogP contribution in [-0.4, -0.2) is 27.3 Å². The van der Waals surface area contributed by atoms with E-state index >= 15 is 0 Å². The van der Waals surface area contributed by atoms with Crippen LogP contribution in [0.15, 0.2) is 22.7 Å². The summed E-state index contributed by atoms with van der Waals surface area (Å²) in [5.74, 6) is -1.46. The maximum Gasteiger partial charge on any atom is 0.337 e. The highest BCUT2D eigenvalue weighted by Gasteiger charge is 2.18. The summed E-state index contributed by atoms with van der Waals surface area (Å²) >= 11 is 6.38. The van der Waals surface area contributed by atoms with Crippen LogP contribution < -0.4 is 0 Å². The first-order valence-corrected chi connectivity index (χ1v) is 6.68. The Morgan fingerprint density at radius 3 is 2.53 bits per heavy atom. The monoisotopic (exact) mass is 364 g/mol. The molecule has 1 aromatic rings. The van der Waals surface area contributed by atoms with E-state index in [0.717, 1.165) is 0 Å². The summed E-state index contributed by atoms with van der Waals surface area (Å²) in [5, 5.41) is 18.6. The van der Waals surface area contributed by atoms with E-state index in [9.17, 15) is 14.7 Å². The molecule has 0 fully saturated rings. The van der Waals surface area contributed by atoms with Gasteiger partial charge in [-0.2, -0.15) is 0 Å². The molecule has 0 aliphatic heterocycles. The van der Waals surface area contributed by atoms with Gasteiger partial charge >= 0.3 is 5.97 Å². The summed E-state index contributed by atoms with van der Waals surface area (Å²) in [5.41, 5.74) is 0.570. The Balaban J connectivity index is 3.10. The second kappa shape index (κ2) is 6.28. The van der Waals surface area contributed by atoms with Crippen LogP contribution in [0.4, 0.5) is 0 Å². The van der Waals surface area contributed by atoms with Crippen LogP contribution in [0.5, 0.6) is 0 Å². The molecular formula is C11H10Br2O4. The van der Waals surface area contributed by atoms with Gasteiger partial charge in [0.25, 0.3) is 0 Å². The molecule has 0 bridgehead atoms. The number of ketones is 1. The number of hydrogen-bond donors (Lipinski definition) is 2. The number of carbonyl (C=O) groups excluding carboxylic acids is 1. The fraction of sp³-hybridized carbons (Fsp3) is 0.273. The van der Waals surface area contributed by atoms with Gasteiger partial charge in [0, 0.05) is 21.8 Å². The van der Waals surface area contributed by atoms with Crippen molar-refractivity contribution in [2.24, 2.45) is 0 Å². The van der Waals surface area contributed by atoms with Crippen molar-refractivity contribution < 1.29 is 19.8 Å². The van der Waals surface area contributed by atoms with Gasteiger partial charge in [-0.25, -0.2) is 4.79 Å². The van der Waals surface area contributed by atoms with Crippen LogP contribution in [0.2, 0.25) is 0 Å². The quantitative estimate of drug-likeness (QED) is 0.621. The maximum atomic E-state index is 11.7. The summed E-state index contributed by atoms with van der Waals surface area (Å²) in [6.07, 6.45) is -1.30. The lowest BCUT2D eigenvalue weighted by Gasteiger charge is -2.09. The molecule has 2 N–H and O–H groups in total. The van der Waals surface area contributed by atoms with E-state index in [1.54, 1.807) is 6.07 Å². The van der Waals surface area contributed by atoms with E-state index in [0.29, 0.717) is 21.8 Å². The summed E-state index contributed by atoms with van der Waals surface area (Å²) in [4.78, 5) is 22.4. The topological polar surface area (TPSA) is 74.6 Å². The number of Topliss-reactive ketones (excluding diaryl/α,β-unsaturated/α-hetero) is 1. The largest absolute Gasteiger partial charge is 0.479 e. The molecule has 0 amide bonds. The Morgan fingerprint density at radius 1 is 1.35 bits per heavy atom. The van der Waals surface area contributed by atoms with E-state index in [1.807, 2.05) is 0 Å². The van der Waals surface area contributed by atoms with Gasteiger partial charge in [-0.05, 0) is 17.7 Å². The first-order chi connectivity index (χ1) is 7.97. The number of carboxylic acid groups (broad SMARTS) is 1. The molecule has 0 aliphatic carbocycles. The molecule has 92 valence electrons. The Morgan fingerprint density at radius 2 is 2.00 bits per heavy atom. The molecule has 1 atom stereocenters. The third-order valence-electron chi connectivity index (χ3n) is 2.16. The zero-order chi connectivity index (χ0) is 13.0. The number of halogens is 2. The number of aliphatic hydroxyl groups is 1. The second-order valence-electron chi connectivity index (χ2n) is 3.34. The molecule has 0 saturated carbocycles. The van der Waals surface area contributed by atoms with Gasteiger partial charge in [-0.1, -0.05) is 37.9 Å². The smallest absolute Gasteiger partial charge is 0.337 e. The Bertz CT molecular complexity index is 445. The van der Waals surface area contributed by atoms with Crippen LogP contribution in [0.1, 0.15) is 28.4 Å². The summed E-state index contributed by atoms with van der Waals surface area (Å²) in [7, 11) is 0. The van der Waals surface area contributed by atoms with Crippen molar-refractivity contribution in [2.45, 2.75) is 12.5 Å². The fourth-order valence-electron chi connectivity index (χ4n) is 1.29. The van der Waals surface area contributed by atoms with E-state index in [-0.39, 0.29) is 11.3 Å². The third kappa shape index (κ3) is 3.62. The molecule has 1 aromatic carbocycles. The Kier molecular flexibility index (Phi) is 5.30. The van der Waals surface area contributed by atoms with Crippen LogP contribution in [-0.2, 0) is 4.79 Å². The molecule has 0 aromatic heterocycles. The van der Waals surface area contributed by atoms with Gasteiger partial charge < -0.3 is 10.2 Å². The molecule has 4 nitrogen and oxygen atoms in total. The molecule has 17 heavy (non-hydrogen) atoms. The van der Waals surface area contributed by atoms with Gasteiger partial charge in [0.15, 0.2) is 11.9 Å². The van der Waals surface area contributed by atoms with E-state index in [4.69, 9.17) is 5.11 Å². The number of carbonyl (C=O) groups is 2. The Hall–Kier alpha value is -0.720. The molecule has 1 rings (SSSR count). The van der Waals surface area contributed by atoms with Crippen LogP contribution >= 0.6 is 31.9 Å². The summed E-state index contributed by atoms with van der Waals surface area (Å²) < 4.78 is 0.588. The molecule has 1 unspecified atom stereocenters. The van der Waals surface area contributed by atoms with E-state index in [1.165, 1.54) is 12.1 Å². The number of aliphatic carboxylic acids is 1. The lowest BCUT2D eigenvalue weighted by molar-refractivity contribution is -0.146. The first-order valence-electron chi connectivity index (χ1n) is 4.77. The minimum atomic E-state index is -1.61. The van der Waals surface area contributed by atoms with Gasteiger partial charge in [0.1, 0.15) is 0 Å². The molecule has 0 radical (unpaired) electrons. The number of hydrogen-bond acceptors (Lipinski definition) is 3. The zero-order valence-corrected chi connectivity index (χ0v) is 11.9. The summed E-state index contributed by atoms with van der Waals surface area (Å²) in [6.45, 7) is 0. The number of alkyl halides is 1. The van der Waals surface area contributed by atoms with Crippen molar-refractivity contribution in [3.8, 4) is 0 Å². The Labute approximate surface area is 115 Å². The van der Waals surface area contributed by atoms with Crippen molar-refractivity contribution >= 4 is 43.6 Å². The highest BCUT2D eigenvalue weighted by atomic mass is 79.9. The first kappa shape index (κ1) is 14.3. The average Bonchev–Trinajstić information content (AvgIpc) is 2.28. The highest BCUT2D eigenvalue weighted by molar-refractivity contribution is 9.10. The van der Waals surface area contributed by atoms with Crippen molar-refractivity contribution in [2.75, 3.05) is 5.33 Å². The third-order valence-corrected chi connectivity index (χ3v) is 3.25. The van der Waals surface area contributed by atoms with Gasteiger partial charge in [0.05, 0.1) is 0 Å². The number of rotatable bonds is 5. The second-order valence-corrected chi connectivity index (χ2v) is 4.99. The van der Waals surface area contributed by atoms with E-state index < -0.39 is 12.1 Å². The molecule has 6 heteroatoms. The maximum absolute atomic E-state index is 11.7. The van der Waals surface area contributed by atoms with Crippen LogP contribution in [0.25, 0.3) is 0 Å².